The minimum absolute atomic E-state index is 1.16. The number of primary amides is 1. The minimum atomic E-state index is -3.26. The van der Waals surface area contributed by atoms with Crippen molar-refractivity contribution in [2.45, 2.75) is 6.85 Å². The zero-order chi connectivity index (χ0) is 16.7. The second kappa shape index (κ2) is 3.93. The average Bonchev–Trinajstić information content (AvgIpc) is 2.24. The van der Waals surface area contributed by atoms with Crippen molar-refractivity contribution in [3.63, 3.8) is 0 Å². The fourth-order valence-electron chi connectivity index (χ4n) is 0.918. The van der Waals surface area contributed by atoms with Gasteiger partial charge in [0.1, 0.15) is 0 Å². The molecule has 1 amide bonds. The predicted octanol–water partition coefficient (Wildman–Crippen LogP) is 0.910. The smallest absolute Gasteiger partial charge is 0.279 e. The quantitative estimate of drug-likeness (QED) is 0.609. The first-order chi connectivity index (χ1) is 9.41. The Balaban J connectivity index is 4.17. The van der Waals surface area contributed by atoms with Crippen LogP contribution in [-0.4, -0.2) is 15.8 Å². The Kier molecular flexibility index (Phi) is 1.51. The zero-order valence-corrected chi connectivity index (χ0v) is 7.51. The number of nitrogens with zero attached hydrogens (tertiary/aromatic N) is 2. The molecule has 16 heavy (non-hydrogen) atoms. The fraction of sp³-hybridized carbons (Fsp3) is 0.125. The number of benzene rings is 1. The van der Waals surface area contributed by atoms with Crippen molar-refractivity contribution in [1.29, 1.82) is 0 Å². The number of hydrogen-bond acceptors (Lipinski definition) is 5. The van der Waals surface area contributed by atoms with Gasteiger partial charge in [-0.25, -0.2) is 0 Å². The Morgan fingerprint density at radius 2 is 2.06 bits per heavy atom. The Morgan fingerprint density at radius 3 is 2.44 bits per heavy atom. The van der Waals surface area contributed by atoms with E-state index in [4.69, 9.17) is 12.6 Å². The van der Waals surface area contributed by atoms with Gasteiger partial charge in [-0.1, -0.05) is 0 Å². The van der Waals surface area contributed by atoms with Gasteiger partial charge in [-0.2, -0.15) is 0 Å². The molecule has 8 heteroatoms. The third-order valence-corrected chi connectivity index (χ3v) is 1.58. The first kappa shape index (κ1) is 6.16. The van der Waals surface area contributed by atoms with Crippen LogP contribution in [-0.2, 0) is 0 Å². The van der Waals surface area contributed by atoms with Crippen LogP contribution in [0.1, 0.15) is 22.8 Å². The number of carbonyl (C=O) groups excluding carboxylic acids is 1. The van der Waals surface area contributed by atoms with Crippen molar-refractivity contribution in [1.82, 2.24) is 0 Å². The molecular formula is C8H7N3O5. The summed E-state index contributed by atoms with van der Waals surface area (Å²) in [6, 6.07) is -2.61. The van der Waals surface area contributed by atoms with E-state index in [1.807, 2.05) is 0 Å². The largest absolute Gasteiger partial charge is 0.366 e. The molecule has 0 aliphatic carbocycles. The molecular weight excluding hydrogens is 218 g/mol. The monoisotopic (exact) mass is 230 g/mol. The first-order valence-electron chi connectivity index (χ1n) is 6.17. The van der Waals surface area contributed by atoms with Crippen molar-refractivity contribution in [3.8, 4) is 0 Å². The van der Waals surface area contributed by atoms with Gasteiger partial charge in [0.2, 0.25) is 5.91 Å². The Bertz CT molecular complexity index is 630. The van der Waals surface area contributed by atoms with Gasteiger partial charge >= 0.3 is 0 Å². The van der Waals surface area contributed by atoms with E-state index < -0.39 is 57.2 Å². The van der Waals surface area contributed by atoms with Crippen LogP contribution in [0.2, 0.25) is 0 Å². The molecule has 8 nitrogen and oxygen atoms in total. The van der Waals surface area contributed by atoms with Crippen LogP contribution < -0.4 is 5.73 Å². The topological polar surface area (TPSA) is 129 Å². The molecule has 0 atom stereocenters. The van der Waals surface area contributed by atoms with E-state index in [2.05, 4.69) is 0 Å². The number of amides is 1. The van der Waals surface area contributed by atoms with Gasteiger partial charge in [-0.15, -0.1) is 0 Å². The number of rotatable bonds is 3. The van der Waals surface area contributed by atoms with Crippen LogP contribution in [0.25, 0.3) is 0 Å². The summed E-state index contributed by atoms with van der Waals surface area (Å²) in [7, 11) is 0. The summed E-state index contributed by atoms with van der Waals surface area (Å²) < 4.78 is 36.5. The SMILES string of the molecule is [2H]c1c(C(N)=O)c(C([2H])([2H])[2H])c([N+](=O)[O-])c([2H])c1[N+](=O)[O-]. The maximum Gasteiger partial charge on any atom is 0.279 e. The van der Waals surface area contributed by atoms with Gasteiger partial charge in [0.05, 0.1) is 24.2 Å². The van der Waals surface area contributed by atoms with E-state index in [1.165, 1.54) is 0 Å². The van der Waals surface area contributed by atoms with Crippen LogP contribution >= 0.6 is 0 Å². The molecule has 1 aromatic rings. The van der Waals surface area contributed by atoms with Gasteiger partial charge in [-0.05, 0) is 6.85 Å². The minimum Gasteiger partial charge on any atom is -0.366 e. The summed E-state index contributed by atoms with van der Waals surface area (Å²) >= 11 is 0. The molecule has 0 aliphatic heterocycles. The molecule has 0 saturated heterocycles. The van der Waals surface area contributed by atoms with Crippen molar-refractivity contribution < 1.29 is 21.5 Å². The summed E-state index contributed by atoms with van der Waals surface area (Å²) in [6.07, 6.45) is 0. The standard InChI is InChI=1S/C8H7N3O5/c1-4-6(8(9)12)2-5(10(13)14)3-7(4)11(15)16/h2-3H,1H3,(H2,9,12)/i1D3,2D,3D. The first-order valence-corrected chi connectivity index (χ1v) is 3.67. The lowest BCUT2D eigenvalue weighted by molar-refractivity contribution is -0.394. The molecule has 0 aliphatic rings. The molecule has 84 valence electrons. The highest BCUT2D eigenvalue weighted by molar-refractivity contribution is 5.96. The summed E-state index contributed by atoms with van der Waals surface area (Å²) in [4.78, 5) is 30.4. The van der Waals surface area contributed by atoms with Crippen molar-refractivity contribution in [2.75, 3.05) is 0 Å². The van der Waals surface area contributed by atoms with Gasteiger partial charge in [-0.3, -0.25) is 25.0 Å². The molecule has 0 fully saturated rings. The van der Waals surface area contributed by atoms with Gasteiger partial charge in [0.25, 0.3) is 11.4 Å². The maximum absolute atomic E-state index is 11.3. The Hall–Kier alpha value is -2.51. The molecule has 0 spiro atoms. The summed E-state index contributed by atoms with van der Waals surface area (Å²) in [5.74, 6) is -1.54. The van der Waals surface area contributed by atoms with Crippen LogP contribution in [0.15, 0.2) is 12.1 Å². The van der Waals surface area contributed by atoms with E-state index in [0.29, 0.717) is 0 Å². The number of carbonyl (C=O) groups is 1. The summed E-state index contributed by atoms with van der Waals surface area (Å²) in [5.41, 5.74) is -0.323. The number of nitro groups is 2. The normalized spacial score (nSPS) is 15.1. The fourth-order valence-corrected chi connectivity index (χ4v) is 0.918. The zero-order valence-electron chi connectivity index (χ0n) is 12.5. The number of nitrogens with two attached hydrogens (primary N) is 1. The lowest BCUT2D eigenvalue weighted by Gasteiger charge is -2.02. The number of nitro benzene ring substituents is 2. The Morgan fingerprint density at radius 1 is 1.44 bits per heavy atom. The third kappa shape index (κ3) is 1.95. The van der Waals surface area contributed by atoms with E-state index in [9.17, 15) is 25.0 Å². The lowest BCUT2D eigenvalue weighted by Crippen LogP contribution is -2.14. The highest BCUT2D eigenvalue weighted by Gasteiger charge is 2.23. The molecule has 2 N–H and O–H groups in total. The van der Waals surface area contributed by atoms with Gasteiger partial charge < -0.3 is 5.73 Å². The van der Waals surface area contributed by atoms with Crippen molar-refractivity contribution >= 4 is 17.3 Å². The Labute approximate surface area is 96.0 Å². The average molecular weight is 230 g/mol. The summed E-state index contributed by atoms with van der Waals surface area (Å²) in [6.45, 7) is -3.26. The number of hydrogen-bond donors (Lipinski definition) is 1. The van der Waals surface area contributed by atoms with Crippen molar-refractivity contribution in [3.05, 3.63) is 43.4 Å². The van der Waals surface area contributed by atoms with Crippen LogP contribution in [0, 0.1) is 27.1 Å². The van der Waals surface area contributed by atoms with Gasteiger partial charge in [0, 0.05) is 15.7 Å². The summed E-state index contributed by atoms with van der Waals surface area (Å²) in [5, 5.41) is 21.8. The molecule has 1 aromatic carbocycles. The molecule has 0 radical (unpaired) electrons. The van der Waals surface area contributed by atoms with Crippen LogP contribution in [0.4, 0.5) is 11.4 Å². The highest BCUT2D eigenvalue weighted by atomic mass is 16.6. The molecule has 0 saturated carbocycles. The van der Waals surface area contributed by atoms with Crippen LogP contribution in [0.5, 0.6) is 0 Å². The third-order valence-electron chi connectivity index (χ3n) is 1.58. The van der Waals surface area contributed by atoms with E-state index in [-0.39, 0.29) is 0 Å². The van der Waals surface area contributed by atoms with E-state index >= 15 is 0 Å². The maximum atomic E-state index is 11.3. The highest BCUT2D eigenvalue weighted by Crippen LogP contribution is 2.27. The molecule has 0 aromatic heterocycles. The van der Waals surface area contributed by atoms with E-state index in [0.717, 1.165) is 0 Å². The molecule has 0 bridgehead atoms. The molecule has 0 unspecified atom stereocenters. The predicted molar refractivity (Wildman–Crippen MR) is 53.0 cm³/mol. The van der Waals surface area contributed by atoms with Crippen molar-refractivity contribution in [2.24, 2.45) is 5.73 Å². The lowest BCUT2D eigenvalue weighted by atomic mass is 10.1. The van der Waals surface area contributed by atoms with Gasteiger partial charge in [0.15, 0.2) is 0 Å². The second-order valence-electron chi connectivity index (χ2n) is 2.58. The molecule has 0 heterocycles. The second-order valence-corrected chi connectivity index (χ2v) is 2.58. The van der Waals surface area contributed by atoms with E-state index in [1.54, 1.807) is 0 Å². The molecule has 1 rings (SSSR count). The van der Waals surface area contributed by atoms with Crippen LogP contribution in [0.3, 0.4) is 0 Å².